The maximum atomic E-state index is 15.2. The molecule has 3 saturated heterocycles. The van der Waals surface area contributed by atoms with Gasteiger partial charge in [-0.25, -0.2) is 14.4 Å². The number of nitrogens with zero attached hydrogens (tertiary/aromatic N) is 7. The molecule has 304 valence electrons. The van der Waals surface area contributed by atoms with E-state index in [0.29, 0.717) is 37.6 Å². The molecule has 3 fully saturated rings. The molecule has 2 aromatic carbocycles. The maximum absolute atomic E-state index is 15.2. The van der Waals surface area contributed by atoms with E-state index < -0.39 is 17.6 Å². The number of rotatable bonds is 7. The number of nitrogens with one attached hydrogen (secondary N) is 2. The summed E-state index contributed by atoms with van der Waals surface area (Å²) in [6.45, 7) is 12.3. The van der Waals surface area contributed by atoms with Gasteiger partial charge >= 0.3 is 0 Å². The van der Waals surface area contributed by atoms with Gasteiger partial charge < -0.3 is 24.4 Å². The summed E-state index contributed by atoms with van der Waals surface area (Å²) >= 11 is 0. The highest BCUT2D eigenvalue weighted by Gasteiger charge is 2.44. The lowest BCUT2D eigenvalue weighted by Crippen LogP contribution is -2.58. The Morgan fingerprint density at radius 2 is 1.74 bits per heavy atom. The van der Waals surface area contributed by atoms with Crippen molar-refractivity contribution in [2.45, 2.75) is 89.3 Å². The van der Waals surface area contributed by atoms with Crippen LogP contribution < -0.4 is 19.9 Å². The number of ether oxygens (including phenoxy) is 1. The van der Waals surface area contributed by atoms with Crippen molar-refractivity contribution in [3.8, 4) is 5.75 Å². The third-order valence-electron chi connectivity index (χ3n) is 13.4. The lowest BCUT2D eigenvalue weighted by Gasteiger charge is -2.47. The zero-order chi connectivity index (χ0) is 39.9. The van der Waals surface area contributed by atoms with Gasteiger partial charge in [-0.15, -0.1) is 0 Å². The van der Waals surface area contributed by atoms with Gasteiger partial charge in [-0.2, -0.15) is 0 Å². The van der Waals surface area contributed by atoms with Crippen molar-refractivity contribution in [1.82, 2.24) is 35.0 Å². The van der Waals surface area contributed by atoms with Crippen LogP contribution in [0.2, 0.25) is 0 Å². The number of fused-ring (bicyclic) bond motifs is 8. The summed E-state index contributed by atoms with van der Waals surface area (Å²) < 4.78 is 21.7. The van der Waals surface area contributed by atoms with Crippen molar-refractivity contribution >= 4 is 40.3 Å². The van der Waals surface area contributed by atoms with Gasteiger partial charge in [0.25, 0.3) is 5.91 Å². The second-order valence-corrected chi connectivity index (χ2v) is 17.9. The van der Waals surface area contributed by atoms with Gasteiger partial charge in [0.05, 0.1) is 24.3 Å². The number of amides is 3. The largest absolute Gasteiger partial charge is 0.489 e. The van der Waals surface area contributed by atoms with Gasteiger partial charge in [-0.3, -0.25) is 29.5 Å². The molecule has 10 rings (SSSR count). The molecule has 4 atom stereocenters. The van der Waals surface area contributed by atoms with Crippen LogP contribution in [0.3, 0.4) is 0 Å². The second-order valence-electron chi connectivity index (χ2n) is 17.9. The van der Waals surface area contributed by atoms with E-state index in [1.807, 2.05) is 24.5 Å². The molecule has 8 heterocycles. The molecule has 0 aliphatic carbocycles. The van der Waals surface area contributed by atoms with Gasteiger partial charge in [0.1, 0.15) is 24.1 Å². The van der Waals surface area contributed by atoms with E-state index in [1.165, 1.54) is 10.9 Å². The van der Waals surface area contributed by atoms with Crippen molar-refractivity contribution in [2.24, 2.45) is 5.92 Å². The second kappa shape index (κ2) is 14.3. The van der Waals surface area contributed by atoms with Gasteiger partial charge in [0.15, 0.2) is 0 Å². The molecule has 0 radical (unpaired) electrons. The Labute approximate surface area is 337 Å². The van der Waals surface area contributed by atoms with Gasteiger partial charge in [0.2, 0.25) is 17.8 Å². The van der Waals surface area contributed by atoms with E-state index in [0.717, 1.165) is 98.3 Å². The van der Waals surface area contributed by atoms with Crippen LogP contribution in [-0.4, -0.2) is 124 Å². The Morgan fingerprint density at radius 3 is 2.52 bits per heavy atom. The van der Waals surface area contributed by atoms with Crippen LogP contribution in [0.25, 0.3) is 10.9 Å². The number of carbonyl (C=O) groups is 3. The first-order chi connectivity index (χ1) is 28.0. The van der Waals surface area contributed by atoms with Crippen LogP contribution in [0.15, 0.2) is 48.8 Å². The number of imide groups is 1. The third-order valence-corrected chi connectivity index (χ3v) is 13.4. The van der Waals surface area contributed by atoms with Crippen LogP contribution in [0.4, 0.5) is 16.0 Å². The number of piperazine rings is 1. The average Bonchev–Trinajstić information content (AvgIpc) is 3.74. The summed E-state index contributed by atoms with van der Waals surface area (Å²) in [6, 6.07) is 11.9. The number of benzene rings is 2. The fourth-order valence-corrected chi connectivity index (χ4v) is 10.6. The van der Waals surface area contributed by atoms with Crippen molar-refractivity contribution in [1.29, 1.82) is 0 Å². The molecular formula is C44H52FN9O4. The molecule has 0 spiro atoms. The number of halogens is 1. The first kappa shape index (κ1) is 37.2. The predicted molar refractivity (Wildman–Crippen MR) is 218 cm³/mol. The molecule has 2 aromatic heterocycles. The minimum absolute atomic E-state index is 0.155. The van der Waals surface area contributed by atoms with E-state index in [4.69, 9.17) is 14.7 Å². The van der Waals surface area contributed by atoms with Crippen molar-refractivity contribution in [3.05, 3.63) is 76.7 Å². The number of alkyl halides is 1. The lowest BCUT2D eigenvalue weighted by molar-refractivity contribution is -0.136. The normalized spacial score (nSPS) is 25.7. The Kier molecular flexibility index (Phi) is 9.19. The molecule has 1 unspecified atom stereocenters. The quantitative estimate of drug-likeness (QED) is 0.257. The number of piperidine rings is 2. The first-order valence-corrected chi connectivity index (χ1v) is 21.0. The SMILES string of the molecule is C[C@@H]1Cc2c([nH]c3ccccc23)[C@@H](c2cnc(N3CCC(CN4CCN5c6ccc7c(c6OC[C@@H]5C4)CN(C4CCC(=O)NC4=O)C7=O)CC3)nc2)N1CC(C)(C)F. The number of para-hydroxylation sites is 1. The zero-order valence-electron chi connectivity index (χ0n) is 33.5. The summed E-state index contributed by atoms with van der Waals surface area (Å²) in [6.07, 6.45) is 7.47. The molecular weight excluding hydrogens is 738 g/mol. The standard InChI is InChI=1S/C44H52FN9O4/c1-26-18-32-30-6-4-5-7-34(30)48-38(32)39(54(26)25-44(2,3)45)28-19-46-43(47-20-28)51-14-12-27(13-15-51)21-50-16-17-52-29(22-50)24-58-40-33-23-53(36-10-11-37(55)49-41(36)56)42(57)31(33)8-9-35(40)52/h4-9,19-20,26-27,29,36,39,48H,10-18,21-25H2,1-3H3,(H,49,55,56)/t26-,29+,36?,39-/m1/s1. The molecule has 4 aromatic rings. The van der Waals surface area contributed by atoms with Gasteiger partial charge in [0, 0.05) is 104 Å². The Balaban J connectivity index is 0.766. The number of H-pyrrole nitrogens is 1. The fraction of sp³-hybridized carbons (Fsp3) is 0.523. The topological polar surface area (TPSA) is 130 Å². The zero-order valence-corrected chi connectivity index (χ0v) is 33.5. The Morgan fingerprint density at radius 1 is 0.948 bits per heavy atom. The maximum Gasteiger partial charge on any atom is 0.255 e. The summed E-state index contributed by atoms with van der Waals surface area (Å²) in [4.78, 5) is 62.4. The van der Waals surface area contributed by atoms with Crippen LogP contribution in [-0.2, 0) is 22.6 Å². The van der Waals surface area contributed by atoms with Crippen LogP contribution in [0.5, 0.6) is 5.75 Å². The highest BCUT2D eigenvalue weighted by Crippen LogP contribution is 2.44. The highest BCUT2D eigenvalue weighted by molar-refractivity contribution is 6.06. The summed E-state index contributed by atoms with van der Waals surface area (Å²) in [5.74, 6) is 1.21. The summed E-state index contributed by atoms with van der Waals surface area (Å²) in [5, 5.41) is 3.62. The third kappa shape index (κ3) is 6.58. The van der Waals surface area contributed by atoms with Crippen LogP contribution in [0, 0.1) is 5.92 Å². The number of aromatic amines is 1. The molecule has 0 bridgehead atoms. The molecule has 6 aliphatic rings. The van der Waals surface area contributed by atoms with E-state index >= 15 is 4.39 Å². The number of aromatic nitrogens is 3. The van der Waals surface area contributed by atoms with E-state index in [9.17, 15) is 14.4 Å². The van der Waals surface area contributed by atoms with Crippen LogP contribution >= 0.6 is 0 Å². The van der Waals surface area contributed by atoms with Crippen molar-refractivity contribution in [2.75, 3.05) is 62.2 Å². The highest BCUT2D eigenvalue weighted by atomic mass is 19.1. The number of hydrogen-bond acceptors (Lipinski definition) is 10. The summed E-state index contributed by atoms with van der Waals surface area (Å²) in [5.41, 5.74) is 5.59. The number of anilines is 2. The van der Waals surface area contributed by atoms with E-state index in [-0.39, 0.29) is 36.4 Å². The van der Waals surface area contributed by atoms with E-state index in [1.54, 1.807) is 18.7 Å². The summed E-state index contributed by atoms with van der Waals surface area (Å²) in [7, 11) is 0. The van der Waals surface area contributed by atoms with Crippen molar-refractivity contribution < 1.29 is 23.5 Å². The first-order valence-electron chi connectivity index (χ1n) is 21.0. The monoisotopic (exact) mass is 789 g/mol. The molecule has 58 heavy (non-hydrogen) atoms. The molecule has 2 N–H and O–H groups in total. The molecule has 0 saturated carbocycles. The van der Waals surface area contributed by atoms with Crippen molar-refractivity contribution in [3.63, 3.8) is 0 Å². The number of carbonyl (C=O) groups excluding carboxylic acids is 3. The molecule has 13 nitrogen and oxygen atoms in total. The fourth-order valence-electron chi connectivity index (χ4n) is 10.6. The van der Waals surface area contributed by atoms with E-state index in [2.05, 4.69) is 61.1 Å². The average molecular weight is 790 g/mol. The predicted octanol–water partition coefficient (Wildman–Crippen LogP) is 4.60. The molecule has 14 heteroatoms. The molecule has 3 amide bonds. The Hall–Kier alpha value is -5.08. The smallest absolute Gasteiger partial charge is 0.255 e. The number of hydrogen-bond donors (Lipinski definition) is 2. The van der Waals surface area contributed by atoms with Crippen LogP contribution in [0.1, 0.15) is 85.2 Å². The lowest BCUT2D eigenvalue weighted by atomic mass is 9.88. The minimum Gasteiger partial charge on any atom is -0.489 e. The Bertz CT molecular complexity index is 2260. The minimum atomic E-state index is -1.35. The van der Waals surface area contributed by atoms with Gasteiger partial charge in [-0.1, -0.05) is 18.2 Å². The van der Waals surface area contributed by atoms with Gasteiger partial charge in [-0.05, 0) is 76.1 Å². The molecule has 6 aliphatic heterocycles.